The van der Waals surface area contributed by atoms with Crippen molar-refractivity contribution in [1.82, 2.24) is 9.78 Å². The topological polar surface area (TPSA) is 41.6 Å². The van der Waals surface area contributed by atoms with Crippen LogP contribution in [-0.4, -0.2) is 15.7 Å². The molecule has 4 rings (SSSR count). The van der Waals surface area contributed by atoms with Crippen LogP contribution in [0.5, 0.6) is 0 Å². The molecule has 2 aliphatic carbocycles. The number of hydrogen-bond acceptors (Lipinski definition) is 2. The van der Waals surface area contributed by atoms with Crippen LogP contribution in [0.1, 0.15) is 28.4 Å². The minimum Gasteiger partial charge on any atom is -0.263 e. The first-order valence-corrected chi connectivity index (χ1v) is 7.46. The molecule has 0 aliphatic heterocycles. The first-order chi connectivity index (χ1) is 9.83. The average Bonchev–Trinajstić information content (AvgIpc) is 2.85. The standard InChI is InChI=1S/C16H14ClN3/c17-7-13-11-6-12-14(8-18)19-20(16(12)15(11)13)9-10-4-2-1-3-5-10/h1-5,11,13,15H,6-7,9H2. The fourth-order valence-electron chi connectivity index (χ4n) is 3.63. The number of nitriles is 1. The van der Waals surface area contributed by atoms with Crippen LogP contribution in [0.3, 0.4) is 0 Å². The molecule has 3 nitrogen and oxygen atoms in total. The highest BCUT2D eigenvalue weighted by Crippen LogP contribution is 2.62. The number of hydrogen-bond donors (Lipinski definition) is 0. The molecule has 2 aliphatic rings. The molecule has 1 saturated carbocycles. The largest absolute Gasteiger partial charge is 0.263 e. The smallest absolute Gasteiger partial charge is 0.165 e. The van der Waals surface area contributed by atoms with E-state index in [0.717, 1.165) is 13.0 Å². The Morgan fingerprint density at radius 1 is 1.35 bits per heavy atom. The number of nitrogens with zero attached hydrogens (tertiary/aromatic N) is 3. The Morgan fingerprint density at radius 3 is 2.85 bits per heavy atom. The van der Waals surface area contributed by atoms with Gasteiger partial charge in [-0.3, -0.25) is 4.68 Å². The van der Waals surface area contributed by atoms with E-state index in [4.69, 9.17) is 11.6 Å². The van der Waals surface area contributed by atoms with Gasteiger partial charge in [0, 0.05) is 23.1 Å². The third-order valence-electron chi connectivity index (χ3n) is 4.64. The van der Waals surface area contributed by atoms with Crippen LogP contribution in [-0.2, 0) is 13.0 Å². The maximum Gasteiger partial charge on any atom is 0.165 e. The summed E-state index contributed by atoms with van der Waals surface area (Å²) in [5.74, 6) is 2.48. The Bertz CT molecular complexity index is 699. The van der Waals surface area contributed by atoms with Crippen LogP contribution >= 0.6 is 11.6 Å². The minimum absolute atomic E-state index is 0.529. The van der Waals surface area contributed by atoms with Crippen molar-refractivity contribution >= 4 is 11.6 Å². The van der Waals surface area contributed by atoms with Crippen molar-refractivity contribution in [2.75, 3.05) is 5.88 Å². The van der Waals surface area contributed by atoms with Crippen molar-refractivity contribution < 1.29 is 0 Å². The summed E-state index contributed by atoms with van der Waals surface area (Å²) in [6.07, 6.45) is 0.981. The van der Waals surface area contributed by atoms with Crippen LogP contribution in [0.4, 0.5) is 0 Å². The zero-order valence-corrected chi connectivity index (χ0v) is 11.7. The summed E-state index contributed by atoms with van der Waals surface area (Å²) in [6, 6.07) is 12.5. The molecule has 0 amide bonds. The van der Waals surface area contributed by atoms with E-state index >= 15 is 0 Å². The van der Waals surface area contributed by atoms with Crippen molar-refractivity contribution in [2.45, 2.75) is 18.9 Å². The predicted molar refractivity (Wildman–Crippen MR) is 76.6 cm³/mol. The van der Waals surface area contributed by atoms with Crippen molar-refractivity contribution in [3.63, 3.8) is 0 Å². The van der Waals surface area contributed by atoms with Crippen LogP contribution in [0.15, 0.2) is 30.3 Å². The Kier molecular flexibility index (Phi) is 2.61. The minimum atomic E-state index is 0.529. The van der Waals surface area contributed by atoms with Crippen molar-refractivity contribution in [3.8, 4) is 6.07 Å². The van der Waals surface area contributed by atoms with Crippen LogP contribution in [0, 0.1) is 23.2 Å². The van der Waals surface area contributed by atoms with Gasteiger partial charge in [0.05, 0.1) is 6.54 Å². The van der Waals surface area contributed by atoms with Crippen molar-refractivity contribution in [1.29, 1.82) is 5.26 Å². The summed E-state index contributed by atoms with van der Waals surface area (Å²) in [6.45, 7) is 0.739. The van der Waals surface area contributed by atoms with E-state index in [1.54, 1.807) is 0 Å². The van der Waals surface area contributed by atoms with Gasteiger partial charge in [-0.15, -0.1) is 11.6 Å². The Balaban J connectivity index is 1.73. The van der Waals surface area contributed by atoms with Crippen molar-refractivity contribution in [3.05, 3.63) is 52.8 Å². The van der Waals surface area contributed by atoms with Gasteiger partial charge >= 0.3 is 0 Å². The average molecular weight is 284 g/mol. The van der Waals surface area contributed by atoms with Crippen LogP contribution < -0.4 is 0 Å². The number of rotatable bonds is 3. The molecule has 1 fully saturated rings. The molecule has 1 aromatic carbocycles. The fourth-order valence-corrected chi connectivity index (χ4v) is 4.05. The molecule has 2 aromatic rings. The van der Waals surface area contributed by atoms with Gasteiger partial charge in [0.25, 0.3) is 0 Å². The van der Waals surface area contributed by atoms with E-state index in [1.165, 1.54) is 16.8 Å². The van der Waals surface area contributed by atoms with Gasteiger partial charge in [-0.25, -0.2) is 0 Å². The maximum absolute atomic E-state index is 9.25. The quantitative estimate of drug-likeness (QED) is 0.813. The summed E-state index contributed by atoms with van der Waals surface area (Å²) in [7, 11) is 0. The molecular formula is C16H14ClN3. The van der Waals surface area contributed by atoms with Gasteiger partial charge in [0.1, 0.15) is 6.07 Å². The highest BCUT2D eigenvalue weighted by Gasteiger charge is 2.57. The van der Waals surface area contributed by atoms with E-state index < -0.39 is 0 Å². The second-order valence-electron chi connectivity index (χ2n) is 5.68. The van der Waals surface area contributed by atoms with Gasteiger partial charge in [0.15, 0.2) is 5.69 Å². The molecule has 0 bridgehead atoms. The Labute approximate surface area is 122 Å². The highest BCUT2D eigenvalue weighted by atomic mass is 35.5. The van der Waals surface area contributed by atoms with Gasteiger partial charge in [-0.05, 0) is 23.8 Å². The molecule has 1 aromatic heterocycles. The number of aromatic nitrogens is 2. The molecular weight excluding hydrogens is 270 g/mol. The van der Waals surface area contributed by atoms with E-state index in [2.05, 4.69) is 23.3 Å². The molecule has 1 heterocycles. The normalized spacial score (nSPS) is 25.9. The SMILES string of the molecule is N#Cc1nn(Cc2ccccc2)c2c1CC1C(CCl)C21. The number of alkyl halides is 1. The van der Waals surface area contributed by atoms with Gasteiger partial charge in [-0.2, -0.15) is 10.4 Å². The lowest BCUT2D eigenvalue weighted by Gasteiger charge is -2.07. The monoisotopic (exact) mass is 283 g/mol. The Morgan fingerprint density at radius 2 is 2.15 bits per heavy atom. The number of halogens is 1. The second-order valence-corrected chi connectivity index (χ2v) is 5.99. The fraction of sp³-hybridized carbons (Fsp3) is 0.375. The van der Waals surface area contributed by atoms with Gasteiger partial charge in [0.2, 0.25) is 0 Å². The molecule has 0 spiro atoms. The van der Waals surface area contributed by atoms with Gasteiger partial charge in [-0.1, -0.05) is 30.3 Å². The van der Waals surface area contributed by atoms with Crippen LogP contribution in [0.25, 0.3) is 0 Å². The molecule has 3 unspecified atom stereocenters. The lowest BCUT2D eigenvalue weighted by atomic mass is 10.1. The number of fused-ring (bicyclic) bond motifs is 3. The third kappa shape index (κ3) is 1.61. The first-order valence-electron chi connectivity index (χ1n) is 6.93. The lowest BCUT2D eigenvalue weighted by molar-refractivity contribution is 0.637. The van der Waals surface area contributed by atoms with Crippen molar-refractivity contribution in [2.24, 2.45) is 11.8 Å². The summed E-state index contributed by atoms with van der Waals surface area (Å²) >= 11 is 6.03. The maximum atomic E-state index is 9.25. The van der Waals surface area contributed by atoms with E-state index in [0.29, 0.717) is 29.3 Å². The molecule has 4 heteroatoms. The molecule has 0 radical (unpaired) electrons. The zero-order valence-electron chi connectivity index (χ0n) is 11.0. The molecule has 100 valence electrons. The van der Waals surface area contributed by atoms with E-state index in [9.17, 15) is 5.26 Å². The summed E-state index contributed by atoms with van der Waals surface area (Å²) in [5, 5.41) is 13.8. The van der Waals surface area contributed by atoms with E-state index in [1.807, 2.05) is 22.9 Å². The predicted octanol–water partition coefficient (Wildman–Crippen LogP) is 2.93. The third-order valence-corrected chi connectivity index (χ3v) is 5.00. The second kappa shape index (κ2) is 4.36. The summed E-state index contributed by atoms with van der Waals surface area (Å²) in [5.41, 5.74) is 4.26. The molecule has 3 atom stereocenters. The molecule has 0 N–H and O–H groups in total. The Hall–Kier alpha value is -1.79. The first kappa shape index (κ1) is 12.0. The molecule has 20 heavy (non-hydrogen) atoms. The summed E-state index contributed by atoms with van der Waals surface area (Å²) in [4.78, 5) is 0. The van der Waals surface area contributed by atoms with Gasteiger partial charge < -0.3 is 0 Å². The zero-order chi connectivity index (χ0) is 13.7. The lowest BCUT2D eigenvalue weighted by Crippen LogP contribution is -2.06. The van der Waals surface area contributed by atoms with Crippen LogP contribution in [0.2, 0.25) is 0 Å². The molecule has 0 saturated heterocycles. The highest BCUT2D eigenvalue weighted by molar-refractivity contribution is 6.18. The van der Waals surface area contributed by atoms with E-state index in [-0.39, 0.29) is 0 Å². The number of benzene rings is 1. The summed E-state index contributed by atoms with van der Waals surface area (Å²) < 4.78 is 2.03.